The molecule has 1 rings (SSSR count). The molecule has 0 unspecified atom stereocenters. The Labute approximate surface area is 105 Å². The summed E-state index contributed by atoms with van der Waals surface area (Å²) in [5.41, 5.74) is 5.61. The Hall–Kier alpha value is -0.860. The molecule has 0 spiro atoms. The third-order valence-electron chi connectivity index (χ3n) is 2.26. The molecule has 6 nitrogen and oxygen atoms in total. The van der Waals surface area contributed by atoms with E-state index in [4.69, 9.17) is 10.5 Å². The normalized spacial score (nSPS) is 11.7. The van der Waals surface area contributed by atoms with Gasteiger partial charge in [0.25, 0.3) is 0 Å². The highest BCUT2D eigenvalue weighted by Gasteiger charge is 2.24. The number of nitrogen functional groups attached to an aromatic ring is 1. The van der Waals surface area contributed by atoms with E-state index in [-0.39, 0.29) is 10.7 Å². The molecule has 0 radical (unpaired) electrons. The lowest BCUT2D eigenvalue weighted by molar-refractivity contribution is 0.205. The van der Waals surface area contributed by atoms with Crippen LogP contribution in [0.1, 0.15) is 6.92 Å². The molecule has 0 aliphatic heterocycles. The highest BCUT2D eigenvalue weighted by atomic mass is 32.2. The fraction of sp³-hybridized carbons (Fsp3) is 0.667. The molecule has 8 heteroatoms. The Morgan fingerprint density at radius 2 is 2.18 bits per heavy atom. The fourth-order valence-electron chi connectivity index (χ4n) is 1.44. The van der Waals surface area contributed by atoms with Gasteiger partial charge in [0.15, 0.2) is 15.7 Å². The Morgan fingerprint density at radius 3 is 2.65 bits per heavy atom. The van der Waals surface area contributed by atoms with Crippen molar-refractivity contribution in [3.63, 3.8) is 0 Å². The van der Waals surface area contributed by atoms with Gasteiger partial charge in [0, 0.05) is 26.5 Å². The van der Waals surface area contributed by atoms with Crippen LogP contribution in [0.2, 0.25) is 0 Å². The molecule has 1 aromatic heterocycles. The maximum atomic E-state index is 11.7. The van der Waals surface area contributed by atoms with E-state index in [1.54, 1.807) is 7.11 Å². The van der Waals surface area contributed by atoms with Gasteiger partial charge in [0.2, 0.25) is 0 Å². The standard InChI is InChI=1S/C9H17N3O3S2/c1-4-12(5-6-15-2)9-7(17(3,13)14)8(10)11-16-9/h4-6H2,1-3H3,(H2,10,11). The molecule has 0 amide bonds. The van der Waals surface area contributed by atoms with Crippen molar-refractivity contribution in [2.75, 3.05) is 43.7 Å². The Balaban J connectivity index is 3.12. The molecule has 0 aromatic carbocycles. The van der Waals surface area contributed by atoms with Crippen LogP contribution in [0.3, 0.4) is 0 Å². The fourth-order valence-corrected chi connectivity index (χ4v) is 3.73. The predicted molar refractivity (Wildman–Crippen MR) is 69.4 cm³/mol. The number of sulfone groups is 1. The summed E-state index contributed by atoms with van der Waals surface area (Å²) >= 11 is 1.10. The summed E-state index contributed by atoms with van der Waals surface area (Å²) in [4.78, 5) is 2.02. The van der Waals surface area contributed by atoms with Gasteiger partial charge in [-0.3, -0.25) is 0 Å². The number of hydrogen-bond donors (Lipinski definition) is 1. The first-order chi connectivity index (χ1) is 7.91. The minimum absolute atomic E-state index is 0.0726. The van der Waals surface area contributed by atoms with Crippen LogP contribution in [0, 0.1) is 0 Å². The van der Waals surface area contributed by atoms with Gasteiger partial charge in [-0.2, -0.15) is 4.37 Å². The van der Waals surface area contributed by atoms with Crippen molar-refractivity contribution >= 4 is 32.2 Å². The molecule has 0 bridgehead atoms. The maximum absolute atomic E-state index is 11.7. The molecule has 1 aromatic rings. The van der Waals surface area contributed by atoms with E-state index in [9.17, 15) is 8.42 Å². The van der Waals surface area contributed by atoms with Crippen LogP contribution in [0.4, 0.5) is 10.8 Å². The van der Waals surface area contributed by atoms with Gasteiger partial charge in [-0.25, -0.2) is 8.42 Å². The number of anilines is 2. The van der Waals surface area contributed by atoms with Crippen LogP contribution in [-0.2, 0) is 14.6 Å². The number of nitrogens with zero attached hydrogens (tertiary/aromatic N) is 2. The first-order valence-corrected chi connectivity index (χ1v) is 7.77. The summed E-state index contributed by atoms with van der Waals surface area (Å²) in [7, 11) is -1.76. The van der Waals surface area contributed by atoms with Crippen molar-refractivity contribution in [1.29, 1.82) is 0 Å². The quantitative estimate of drug-likeness (QED) is 0.821. The van der Waals surface area contributed by atoms with Gasteiger partial charge in [-0.15, -0.1) is 0 Å². The number of likely N-dealkylation sites (N-methyl/N-ethyl adjacent to an activating group) is 1. The molecule has 1 heterocycles. The molecule has 0 fully saturated rings. The van der Waals surface area contributed by atoms with Gasteiger partial charge in [-0.1, -0.05) is 0 Å². The first-order valence-electron chi connectivity index (χ1n) is 5.10. The van der Waals surface area contributed by atoms with Crippen molar-refractivity contribution in [3.05, 3.63) is 0 Å². The van der Waals surface area contributed by atoms with E-state index in [0.717, 1.165) is 17.8 Å². The Morgan fingerprint density at radius 1 is 1.53 bits per heavy atom. The number of nitrogens with two attached hydrogens (primary N) is 1. The smallest absolute Gasteiger partial charge is 0.182 e. The van der Waals surface area contributed by atoms with E-state index in [1.165, 1.54) is 0 Å². The second-order valence-corrected chi connectivity index (χ2v) is 6.25. The highest BCUT2D eigenvalue weighted by Crippen LogP contribution is 2.34. The third-order valence-corrected chi connectivity index (χ3v) is 4.46. The van der Waals surface area contributed by atoms with Gasteiger partial charge in [0.1, 0.15) is 9.90 Å². The second-order valence-electron chi connectivity index (χ2n) is 3.55. The van der Waals surface area contributed by atoms with Crippen molar-refractivity contribution in [3.8, 4) is 0 Å². The second kappa shape index (κ2) is 5.65. The van der Waals surface area contributed by atoms with Crippen LogP contribution in [0.5, 0.6) is 0 Å². The third kappa shape index (κ3) is 3.30. The summed E-state index contributed by atoms with van der Waals surface area (Å²) < 4.78 is 32.2. The molecule has 0 atom stereocenters. The zero-order valence-electron chi connectivity index (χ0n) is 10.1. The van der Waals surface area contributed by atoms with Gasteiger partial charge in [0.05, 0.1) is 6.61 Å². The minimum atomic E-state index is -3.36. The van der Waals surface area contributed by atoms with E-state index in [2.05, 4.69) is 4.37 Å². The number of methoxy groups -OCH3 is 1. The number of hydrogen-bond acceptors (Lipinski definition) is 7. The monoisotopic (exact) mass is 279 g/mol. The van der Waals surface area contributed by atoms with Crippen LogP contribution in [-0.4, -0.2) is 45.9 Å². The first kappa shape index (κ1) is 14.2. The molecular formula is C9H17N3O3S2. The topological polar surface area (TPSA) is 85.5 Å². The average molecular weight is 279 g/mol. The van der Waals surface area contributed by atoms with E-state index in [0.29, 0.717) is 24.7 Å². The van der Waals surface area contributed by atoms with E-state index >= 15 is 0 Å². The minimum Gasteiger partial charge on any atom is -0.383 e. The van der Waals surface area contributed by atoms with Gasteiger partial charge >= 0.3 is 0 Å². The largest absolute Gasteiger partial charge is 0.383 e. The molecule has 0 aliphatic rings. The molecule has 2 N–H and O–H groups in total. The summed E-state index contributed by atoms with van der Waals surface area (Å²) in [6.07, 6.45) is 1.14. The molecule has 98 valence electrons. The summed E-state index contributed by atoms with van der Waals surface area (Å²) in [6, 6.07) is 0. The van der Waals surface area contributed by atoms with Gasteiger partial charge < -0.3 is 15.4 Å². The molecule has 17 heavy (non-hydrogen) atoms. The molecule has 0 aliphatic carbocycles. The van der Waals surface area contributed by atoms with E-state index < -0.39 is 9.84 Å². The average Bonchev–Trinajstić information content (AvgIpc) is 2.61. The Kier molecular flexibility index (Phi) is 4.72. The molecular weight excluding hydrogens is 262 g/mol. The number of aromatic nitrogens is 1. The van der Waals surface area contributed by atoms with Crippen LogP contribution >= 0.6 is 11.5 Å². The summed E-state index contributed by atoms with van der Waals surface area (Å²) in [5.74, 6) is 0.0726. The van der Waals surface area contributed by atoms with Crippen molar-refractivity contribution < 1.29 is 13.2 Å². The lowest BCUT2D eigenvalue weighted by Crippen LogP contribution is -2.27. The lowest BCUT2D eigenvalue weighted by atomic mass is 10.5. The van der Waals surface area contributed by atoms with Gasteiger partial charge in [-0.05, 0) is 18.5 Å². The zero-order chi connectivity index (χ0) is 13.1. The number of rotatable bonds is 6. The predicted octanol–water partition coefficient (Wildman–Crippen LogP) is 0.602. The maximum Gasteiger partial charge on any atom is 0.182 e. The summed E-state index contributed by atoms with van der Waals surface area (Å²) in [6.45, 7) is 3.75. The zero-order valence-corrected chi connectivity index (χ0v) is 11.8. The highest BCUT2D eigenvalue weighted by molar-refractivity contribution is 7.91. The summed E-state index contributed by atoms with van der Waals surface area (Å²) in [5, 5.41) is 0.588. The van der Waals surface area contributed by atoms with Crippen LogP contribution < -0.4 is 10.6 Å². The van der Waals surface area contributed by atoms with Crippen molar-refractivity contribution in [2.24, 2.45) is 0 Å². The SMILES string of the molecule is CCN(CCOC)c1snc(N)c1S(C)(=O)=O. The Bertz CT molecular complexity index is 470. The van der Waals surface area contributed by atoms with Crippen molar-refractivity contribution in [1.82, 2.24) is 4.37 Å². The van der Waals surface area contributed by atoms with Crippen LogP contribution in [0.25, 0.3) is 0 Å². The van der Waals surface area contributed by atoms with Crippen LogP contribution in [0.15, 0.2) is 4.90 Å². The van der Waals surface area contributed by atoms with E-state index in [1.807, 2.05) is 11.8 Å². The lowest BCUT2D eigenvalue weighted by Gasteiger charge is -2.21. The van der Waals surface area contributed by atoms with Crippen molar-refractivity contribution in [2.45, 2.75) is 11.8 Å². The molecule has 0 saturated carbocycles. The number of ether oxygens (including phenoxy) is 1. The molecule has 0 saturated heterocycles.